The van der Waals surface area contributed by atoms with Crippen LogP contribution in [0.15, 0.2) is 39.6 Å². The first-order chi connectivity index (χ1) is 12.7. The molecule has 0 atom stereocenters. The van der Waals surface area contributed by atoms with Crippen molar-refractivity contribution in [1.29, 1.82) is 0 Å². The summed E-state index contributed by atoms with van der Waals surface area (Å²) in [5.74, 6) is 1.25. The molecular weight excluding hydrogens is 332 g/mol. The van der Waals surface area contributed by atoms with Crippen molar-refractivity contribution in [3.8, 4) is 11.5 Å². The monoisotopic (exact) mass is 352 g/mol. The number of fused-ring (bicyclic) bond motifs is 1. The van der Waals surface area contributed by atoms with E-state index in [1.807, 2.05) is 31.2 Å². The Bertz CT molecular complexity index is 1020. The molecule has 3 aromatic rings. The lowest BCUT2D eigenvalue weighted by Crippen LogP contribution is -2.32. The molecule has 1 aliphatic rings. The van der Waals surface area contributed by atoms with E-state index in [9.17, 15) is 9.59 Å². The lowest BCUT2D eigenvalue weighted by Gasteiger charge is -2.12. The summed E-state index contributed by atoms with van der Waals surface area (Å²) in [6.07, 6.45) is 3.00. The highest BCUT2D eigenvalue weighted by atomic mass is 16.5. The average molecular weight is 352 g/mol. The minimum atomic E-state index is -0.267. The van der Waals surface area contributed by atoms with Crippen LogP contribution in [0.3, 0.4) is 0 Å². The third kappa shape index (κ3) is 3.12. The van der Waals surface area contributed by atoms with Crippen LogP contribution in [0.2, 0.25) is 0 Å². The molecule has 2 heterocycles. The summed E-state index contributed by atoms with van der Waals surface area (Å²) in [6.45, 7) is 2.56. The van der Waals surface area contributed by atoms with Gasteiger partial charge in [-0.15, -0.1) is 0 Å². The van der Waals surface area contributed by atoms with Gasteiger partial charge < -0.3 is 9.84 Å². The molecular formula is C19H20N4O3. The topological polar surface area (TPSA) is 90.0 Å². The van der Waals surface area contributed by atoms with Crippen molar-refractivity contribution < 1.29 is 9.32 Å². The molecule has 0 unspecified atom stereocenters. The predicted molar refractivity (Wildman–Crippen MR) is 96.8 cm³/mol. The Balaban J connectivity index is 1.77. The van der Waals surface area contributed by atoms with Gasteiger partial charge in [0.2, 0.25) is 5.91 Å². The largest absolute Gasteiger partial charge is 0.355 e. The number of pyridine rings is 1. The van der Waals surface area contributed by atoms with E-state index in [1.165, 1.54) is 10.6 Å². The standard InChI is InChI=1S/C19H20N4O3/c1-2-9-20-16(24)11-23-15-6-4-3-5-13(15)14(10-17(23)25)19-21-18(22-26-19)12-7-8-12/h3-6,10,12H,2,7-9,11H2,1H3,(H,20,24). The van der Waals surface area contributed by atoms with E-state index in [2.05, 4.69) is 15.5 Å². The summed E-state index contributed by atoms with van der Waals surface area (Å²) in [6, 6.07) is 8.92. The molecule has 1 aromatic carbocycles. The van der Waals surface area contributed by atoms with Crippen LogP contribution in [0, 0.1) is 0 Å². The highest BCUT2D eigenvalue weighted by Gasteiger charge is 2.29. The summed E-state index contributed by atoms with van der Waals surface area (Å²) in [7, 11) is 0. The third-order valence-electron chi connectivity index (χ3n) is 4.51. The highest BCUT2D eigenvalue weighted by Crippen LogP contribution is 2.39. The van der Waals surface area contributed by atoms with Gasteiger partial charge in [-0.05, 0) is 25.3 Å². The Kier molecular flexibility index (Phi) is 4.28. The first-order valence-corrected chi connectivity index (χ1v) is 8.90. The van der Waals surface area contributed by atoms with Gasteiger partial charge in [-0.25, -0.2) is 0 Å². The van der Waals surface area contributed by atoms with Crippen LogP contribution in [0.5, 0.6) is 0 Å². The van der Waals surface area contributed by atoms with Crippen LogP contribution in [0.25, 0.3) is 22.4 Å². The summed E-state index contributed by atoms with van der Waals surface area (Å²) < 4.78 is 6.87. The normalized spacial score (nSPS) is 13.9. The van der Waals surface area contributed by atoms with Gasteiger partial charge in [0.05, 0.1) is 11.1 Å². The van der Waals surface area contributed by atoms with E-state index in [4.69, 9.17) is 4.52 Å². The number of nitrogens with zero attached hydrogens (tertiary/aromatic N) is 3. The molecule has 1 N–H and O–H groups in total. The van der Waals surface area contributed by atoms with Crippen LogP contribution in [0.4, 0.5) is 0 Å². The molecule has 1 amide bonds. The Morgan fingerprint density at radius 3 is 2.92 bits per heavy atom. The second-order valence-corrected chi connectivity index (χ2v) is 6.58. The number of aromatic nitrogens is 3. The number of amides is 1. The van der Waals surface area contributed by atoms with Crippen molar-refractivity contribution in [3.05, 3.63) is 46.5 Å². The van der Waals surface area contributed by atoms with Crippen LogP contribution >= 0.6 is 0 Å². The Labute approximate surface area is 150 Å². The van der Waals surface area contributed by atoms with Crippen LogP contribution in [-0.4, -0.2) is 27.2 Å². The van der Waals surface area contributed by atoms with Gasteiger partial charge in [0.1, 0.15) is 6.54 Å². The number of para-hydroxylation sites is 1. The van der Waals surface area contributed by atoms with E-state index in [1.54, 1.807) is 0 Å². The molecule has 1 aliphatic carbocycles. The molecule has 1 fully saturated rings. The summed E-state index contributed by atoms with van der Waals surface area (Å²) in [5, 5.41) is 7.65. The molecule has 4 rings (SSSR count). The maximum Gasteiger partial charge on any atom is 0.258 e. The van der Waals surface area contributed by atoms with Crippen LogP contribution in [-0.2, 0) is 11.3 Å². The van der Waals surface area contributed by atoms with Gasteiger partial charge >= 0.3 is 0 Å². The summed E-state index contributed by atoms with van der Waals surface area (Å²) >= 11 is 0. The van der Waals surface area contributed by atoms with Crippen LogP contribution in [0.1, 0.15) is 37.9 Å². The zero-order valence-corrected chi connectivity index (χ0v) is 14.6. The Morgan fingerprint density at radius 2 is 2.15 bits per heavy atom. The van der Waals surface area contributed by atoms with Crippen molar-refractivity contribution in [2.45, 2.75) is 38.6 Å². The minimum Gasteiger partial charge on any atom is -0.355 e. The molecule has 0 saturated heterocycles. The zero-order valence-electron chi connectivity index (χ0n) is 14.6. The SMILES string of the molecule is CCCNC(=O)Cn1c(=O)cc(-c2nc(C3CC3)no2)c2ccccc21. The highest BCUT2D eigenvalue weighted by molar-refractivity contribution is 5.93. The molecule has 7 heteroatoms. The number of carbonyl (C=O) groups excluding carboxylic acids is 1. The quantitative estimate of drug-likeness (QED) is 0.736. The van der Waals surface area contributed by atoms with Gasteiger partial charge in [0, 0.05) is 23.9 Å². The molecule has 0 bridgehead atoms. The number of rotatable bonds is 6. The third-order valence-corrected chi connectivity index (χ3v) is 4.51. The Morgan fingerprint density at radius 1 is 1.35 bits per heavy atom. The smallest absolute Gasteiger partial charge is 0.258 e. The minimum absolute atomic E-state index is 0.0171. The second kappa shape index (κ2) is 6.74. The van der Waals surface area contributed by atoms with Crippen molar-refractivity contribution in [2.75, 3.05) is 6.54 Å². The molecule has 0 aliphatic heterocycles. The molecule has 1 saturated carbocycles. The molecule has 134 valence electrons. The van der Waals surface area contributed by atoms with E-state index in [0.29, 0.717) is 35.3 Å². The van der Waals surface area contributed by atoms with E-state index in [-0.39, 0.29) is 18.0 Å². The predicted octanol–water partition coefficient (Wildman–Crippen LogP) is 2.46. The van der Waals surface area contributed by atoms with Gasteiger partial charge in [0.15, 0.2) is 5.82 Å². The lowest BCUT2D eigenvalue weighted by molar-refractivity contribution is -0.121. The van der Waals surface area contributed by atoms with E-state index in [0.717, 1.165) is 24.6 Å². The summed E-state index contributed by atoms with van der Waals surface area (Å²) in [4.78, 5) is 29.2. The first kappa shape index (κ1) is 16.5. The number of nitrogens with one attached hydrogen (secondary N) is 1. The number of hydrogen-bond donors (Lipinski definition) is 1. The maximum absolute atomic E-state index is 12.7. The zero-order chi connectivity index (χ0) is 18.1. The Hall–Kier alpha value is -2.96. The number of hydrogen-bond acceptors (Lipinski definition) is 5. The van der Waals surface area contributed by atoms with E-state index >= 15 is 0 Å². The van der Waals surface area contributed by atoms with Gasteiger partial charge in [0.25, 0.3) is 11.4 Å². The van der Waals surface area contributed by atoms with Crippen molar-refractivity contribution in [3.63, 3.8) is 0 Å². The lowest BCUT2D eigenvalue weighted by atomic mass is 10.1. The molecule has 26 heavy (non-hydrogen) atoms. The number of benzene rings is 1. The van der Waals surface area contributed by atoms with Gasteiger partial charge in [-0.1, -0.05) is 30.3 Å². The molecule has 2 aromatic heterocycles. The molecule has 0 spiro atoms. The summed E-state index contributed by atoms with van der Waals surface area (Å²) in [5.41, 5.74) is 1.01. The fraction of sp³-hybridized carbons (Fsp3) is 0.368. The van der Waals surface area contributed by atoms with E-state index < -0.39 is 0 Å². The number of carbonyl (C=O) groups is 1. The molecule has 0 radical (unpaired) electrons. The molecule has 7 nitrogen and oxygen atoms in total. The second-order valence-electron chi connectivity index (χ2n) is 6.58. The van der Waals surface area contributed by atoms with Gasteiger partial charge in [-0.2, -0.15) is 4.98 Å². The van der Waals surface area contributed by atoms with Gasteiger partial charge in [-0.3, -0.25) is 14.2 Å². The average Bonchev–Trinajstić information content (AvgIpc) is 3.39. The fourth-order valence-electron chi connectivity index (χ4n) is 2.99. The van der Waals surface area contributed by atoms with Crippen molar-refractivity contribution >= 4 is 16.8 Å². The first-order valence-electron chi connectivity index (χ1n) is 8.90. The van der Waals surface area contributed by atoms with Crippen LogP contribution < -0.4 is 10.9 Å². The van der Waals surface area contributed by atoms with Crippen molar-refractivity contribution in [2.24, 2.45) is 0 Å². The maximum atomic E-state index is 12.7. The van der Waals surface area contributed by atoms with Crippen molar-refractivity contribution in [1.82, 2.24) is 20.0 Å². The fourth-order valence-corrected chi connectivity index (χ4v) is 2.99.